The molecule has 0 saturated heterocycles. The Labute approximate surface area is 72.0 Å². The summed E-state index contributed by atoms with van der Waals surface area (Å²) in [7, 11) is 0. The van der Waals surface area contributed by atoms with E-state index >= 15 is 0 Å². The van der Waals surface area contributed by atoms with E-state index in [-0.39, 0.29) is 6.54 Å². The molecule has 0 atom stereocenters. The monoisotopic (exact) mass is 175 g/mol. The van der Waals surface area contributed by atoms with Crippen molar-refractivity contribution in [3.05, 3.63) is 24.0 Å². The highest BCUT2D eigenvalue weighted by atomic mass is 19.3. The minimum Gasteiger partial charge on any atom is -0.346 e. The van der Waals surface area contributed by atoms with Crippen LogP contribution < -0.4 is 0 Å². The van der Waals surface area contributed by atoms with E-state index in [1.807, 2.05) is 26.8 Å². The lowest BCUT2D eigenvalue weighted by molar-refractivity contribution is 0.126. The molecule has 0 bridgehead atoms. The fourth-order valence-corrected chi connectivity index (χ4v) is 0.853. The summed E-state index contributed by atoms with van der Waals surface area (Å²) >= 11 is 0. The number of alkyl halides is 2. The van der Waals surface area contributed by atoms with Crippen molar-refractivity contribution < 1.29 is 8.78 Å². The summed E-state index contributed by atoms with van der Waals surface area (Å²) in [6.45, 7) is 5.61. The normalized spacial score (nSPS) is 9.50. The Balaban J connectivity index is 0.000000561. The molecule has 0 radical (unpaired) electrons. The summed E-state index contributed by atoms with van der Waals surface area (Å²) in [5.41, 5.74) is 0.875. The Morgan fingerprint density at radius 3 is 2.33 bits per heavy atom. The SMILES string of the molecule is CC.Cc1cccn1CC(F)F. The van der Waals surface area contributed by atoms with Crippen LogP contribution in [0.4, 0.5) is 8.78 Å². The molecule has 0 saturated carbocycles. The third kappa shape index (κ3) is 3.51. The highest BCUT2D eigenvalue weighted by Crippen LogP contribution is 2.03. The molecule has 0 fully saturated rings. The minimum absolute atomic E-state index is 0.196. The molecule has 0 N–H and O–H groups in total. The zero-order chi connectivity index (χ0) is 9.56. The van der Waals surface area contributed by atoms with Gasteiger partial charge in [-0.1, -0.05) is 13.8 Å². The van der Waals surface area contributed by atoms with Gasteiger partial charge in [0.05, 0.1) is 6.54 Å². The molecule has 3 heteroatoms. The molecule has 0 aromatic carbocycles. The Hall–Kier alpha value is -0.860. The highest BCUT2D eigenvalue weighted by molar-refractivity contribution is 5.04. The Bertz CT molecular complexity index is 206. The number of aryl methyl sites for hydroxylation is 1. The van der Waals surface area contributed by atoms with E-state index in [4.69, 9.17) is 0 Å². The quantitative estimate of drug-likeness (QED) is 0.651. The van der Waals surface area contributed by atoms with E-state index in [0.29, 0.717) is 0 Å². The summed E-state index contributed by atoms with van der Waals surface area (Å²) in [6.07, 6.45) is -0.604. The van der Waals surface area contributed by atoms with Crippen molar-refractivity contribution in [3.8, 4) is 0 Å². The lowest BCUT2D eigenvalue weighted by Gasteiger charge is -2.03. The second-order valence-corrected chi connectivity index (χ2v) is 2.19. The van der Waals surface area contributed by atoms with Crippen molar-refractivity contribution in [2.75, 3.05) is 0 Å². The number of halogens is 2. The summed E-state index contributed by atoms with van der Waals surface area (Å²) in [5, 5.41) is 0. The van der Waals surface area contributed by atoms with Crippen LogP contribution in [0.15, 0.2) is 18.3 Å². The third-order valence-electron chi connectivity index (χ3n) is 1.39. The Morgan fingerprint density at radius 2 is 2.00 bits per heavy atom. The summed E-state index contributed by atoms with van der Waals surface area (Å²) in [6, 6.07) is 3.57. The second kappa shape index (κ2) is 5.75. The molecule has 1 nitrogen and oxygen atoms in total. The predicted molar refractivity (Wildman–Crippen MR) is 46.5 cm³/mol. The third-order valence-corrected chi connectivity index (χ3v) is 1.39. The van der Waals surface area contributed by atoms with Crippen LogP contribution >= 0.6 is 0 Å². The lowest BCUT2D eigenvalue weighted by Crippen LogP contribution is -2.06. The van der Waals surface area contributed by atoms with Crippen LogP contribution in [-0.4, -0.2) is 11.0 Å². The van der Waals surface area contributed by atoms with E-state index in [1.54, 1.807) is 12.3 Å². The van der Waals surface area contributed by atoms with Gasteiger partial charge in [0.1, 0.15) is 0 Å². The number of nitrogens with zero attached hydrogens (tertiary/aromatic N) is 1. The number of hydrogen-bond donors (Lipinski definition) is 0. The maximum atomic E-state index is 11.8. The first-order valence-corrected chi connectivity index (χ1v) is 4.10. The van der Waals surface area contributed by atoms with Crippen LogP contribution in [-0.2, 0) is 6.54 Å². The Morgan fingerprint density at radius 1 is 1.42 bits per heavy atom. The van der Waals surface area contributed by atoms with Gasteiger partial charge < -0.3 is 4.57 Å². The fraction of sp³-hybridized carbons (Fsp3) is 0.556. The van der Waals surface area contributed by atoms with Crippen LogP contribution in [0.3, 0.4) is 0 Å². The molecule has 0 aliphatic carbocycles. The molecule has 1 heterocycles. The molecule has 70 valence electrons. The maximum Gasteiger partial charge on any atom is 0.256 e. The van der Waals surface area contributed by atoms with Crippen molar-refractivity contribution in [3.63, 3.8) is 0 Å². The zero-order valence-electron chi connectivity index (χ0n) is 7.72. The molecule has 12 heavy (non-hydrogen) atoms. The molecule has 1 aromatic rings. The van der Waals surface area contributed by atoms with Gasteiger partial charge in [-0.25, -0.2) is 8.78 Å². The number of aromatic nitrogens is 1. The van der Waals surface area contributed by atoms with Crippen LogP contribution in [0.25, 0.3) is 0 Å². The first-order valence-electron chi connectivity index (χ1n) is 4.10. The second-order valence-electron chi connectivity index (χ2n) is 2.19. The zero-order valence-corrected chi connectivity index (χ0v) is 7.72. The molecule has 1 aromatic heterocycles. The van der Waals surface area contributed by atoms with E-state index < -0.39 is 6.43 Å². The summed E-state index contributed by atoms with van der Waals surface area (Å²) in [5.74, 6) is 0. The molecular formula is C9H15F2N. The van der Waals surface area contributed by atoms with Gasteiger partial charge in [0.15, 0.2) is 0 Å². The standard InChI is InChI=1S/C7H9F2N.C2H6/c1-6-3-2-4-10(6)5-7(8)9;1-2/h2-4,7H,5H2,1H3;1-2H3. The van der Waals surface area contributed by atoms with E-state index in [1.165, 1.54) is 4.57 Å². The molecular weight excluding hydrogens is 160 g/mol. The summed E-state index contributed by atoms with van der Waals surface area (Å²) in [4.78, 5) is 0. The van der Waals surface area contributed by atoms with Crippen molar-refractivity contribution in [2.24, 2.45) is 0 Å². The maximum absolute atomic E-state index is 11.8. The minimum atomic E-state index is -2.26. The van der Waals surface area contributed by atoms with Gasteiger partial charge in [0.2, 0.25) is 0 Å². The molecule has 0 unspecified atom stereocenters. The molecule has 0 spiro atoms. The molecule has 0 aliphatic rings. The lowest BCUT2D eigenvalue weighted by atomic mass is 10.5. The molecule has 0 aliphatic heterocycles. The van der Waals surface area contributed by atoms with Crippen LogP contribution in [0, 0.1) is 6.92 Å². The Kier molecular flexibility index (Phi) is 5.34. The van der Waals surface area contributed by atoms with Gasteiger partial charge >= 0.3 is 0 Å². The van der Waals surface area contributed by atoms with Gasteiger partial charge in [-0.05, 0) is 19.1 Å². The fourth-order valence-electron chi connectivity index (χ4n) is 0.853. The average molecular weight is 175 g/mol. The van der Waals surface area contributed by atoms with Gasteiger partial charge in [-0.15, -0.1) is 0 Å². The van der Waals surface area contributed by atoms with Gasteiger partial charge in [-0.3, -0.25) is 0 Å². The number of hydrogen-bond acceptors (Lipinski definition) is 0. The first kappa shape index (κ1) is 11.1. The van der Waals surface area contributed by atoms with Crippen molar-refractivity contribution in [2.45, 2.75) is 33.7 Å². The average Bonchev–Trinajstić information content (AvgIpc) is 2.40. The van der Waals surface area contributed by atoms with E-state index in [0.717, 1.165) is 5.69 Å². The van der Waals surface area contributed by atoms with Crippen LogP contribution in [0.5, 0.6) is 0 Å². The van der Waals surface area contributed by atoms with Crippen LogP contribution in [0.2, 0.25) is 0 Å². The predicted octanol–water partition coefficient (Wildman–Crippen LogP) is 3.09. The van der Waals surface area contributed by atoms with Gasteiger partial charge in [0, 0.05) is 11.9 Å². The van der Waals surface area contributed by atoms with Gasteiger partial charge in [-0.2, -0.15) is 0 Å². The molecule has 0 amide bonds. The molecule has 1 rings (SSSR count). The topological polar surface area (TPSA) is 4.93 Å². The van der Waals surface area contributed by atoms with Crippen molar-refractivity contribution in [1.29, 1.82) is 0 Å². The number of rotatable bonds is 2. The largest absolute Gasteiger partial charge is 0.346 e. The van der Waals surface area contributed by atoms with Crippen molar-refractivity contribution in [1.82, 2.24) is 4.57 Å². The van der Waals surface area contributed by atoms with Gasteiger partial charge in [0.25, 0.3) is 6.43 Å². The highest BCUT2D eigenvalue weighted by Gasteiger charge is 2.03. The van der Waals surface area contributed by atoms with Crippen LogP contribution in [0.1, 0.15) is 19.5 Å². The van der Waals surface area contributed by atoms with E-state index in [2.05, 4.69) is 0 Å². The summed E-state index contributed by atoms with van der Waals surface area (Å²) < 4.78 is 25.0. The smallest absolute Gasteiger partial charge is 0.256 e. The van der Waals surface area contributed by atoms with E-state index in [9.17, 15) is 8.78 Å². The van der Waals surface area contributed by atoms with Crippen molar-refractivity contribution >= 4 is 0 Å². The first-order chi connectivity index (χ1) is 5.70.